The molecular weight excluding hydrogens is 222 g/mol. The summed E-state index contributed by atoms with van der Waals surface area (Å²) >= 11 is 0. The highest BCUT2D eigenvalue weighted by Gasteiger charge is 2.04. The van der Waals surface area contributed by atoms with Crippen LogP contribution < -0.4 is 0 Å². The van der Waals surface area contributed by atoms with Gasteiger partial charge in [-0.25, -0.2) is 0 Å². The molecule has 18 heavy (non-hydrogen) atoms. The van der Waals surface area contributed by atoms with Gasteiger partial charge < -0.3 is 4.90 Å². The van der Waals surface area contributed by atoms with E-state index >= 15 is 0 Å². The fourth-order valence-corrected chi connectivity index (χ4v) is 1.94. The molecule has 0 fully saturated rings. The summed E-state index contributed by atoms with van der Waals surface area (Å²) in [5.74, 6) is 0.275. The third-order valence-corrected chi connectivity index (χ3v) is 3.10. The molecule has 100 valence electrons. The van der Waals surface area contributed by atoms with Crippen molar-refractivity contribution in [3.05, 3.63) is 35.4 Å². The zero-order valence-corrected chi connectivity index (χ0v) is 11.9. The van der Waals surface area contributed by atoms with Crippen LogP contribution in [0.2, 0.25) is 0 Å². The first-order chi connectivity index (χ1) is 8.63. The SMILES string of the molecule is CCCCC(=O)c1ccc(CCCN(C)C)cc1. The molecule has 0 saturated heterocycles. The van der Waals surface area contributed by atoms with E-state index in [1.807, 2.05) is 12.1 Å². The van der Waals surface area contributed by atoms with Gasteiger partial charge in [0, 0.05) is 12.0 Å². The summed E-state index contributed by atoms with van der Waals surface area (Å²) in [5, 5.41) is 0. The van der Waals surface area contributed by atoms with E-state index in [0.29, 0.717) is 6.42 Å². The van der Waals surface area contributed by atoms with Gasteiger partial charge in [-0.05, 0) is 45.5 Å². The molecule has 0 bridgehead atoms. The zero-order chi connectivity index (χ0) is 13.4. The van der Waals surface area contributed by atoms with E-state index in [1.165, 1.54) is 5.56 Å². The van der Waals surface area contributed by atoms with Crippen LogP contribution in [0.15, 0.2) is 24.3 Å². The molecule has 0 radical (unpaired) electrons. The van der Waals surface area contributed by atoms with E-state index in [0.717, 1.165) is 37.8 Å². The Bertz CT molecular complexity index is 354. The Hall–Kier alpha value is -1.15. The second-order valence-corrected chi connectivity index (χ2v) is 5.13. The maximum atomic E-state index is 11.8. The van der Waals surface area contributed by atoms with Crippen molar-refractivity contribution in [2.75, 3.05) is 20.6 Å². The largest absolute Gasteiger partial charge is 0.309 e. The van der Waals surface area contributed by atoms with Gasteiger partial charge in [-0.3, -0.25) is 4.79 Å². The summed E-state index contributed by atoms with van der Waals surface area (Å²) in [4.78, 5) is 14.0. The second-order valence-electron chi connectivity index (χ2n) is 5.13. The zero-order valence-electron chi connectivity index (χ0n) is 11.9. The fraction of sp³-hybridized carbons (Fsp3) is 0.562. The van der Waals surface area contributed by atoms with Crippen molar-refractivity contribution >= 4 is 5.78 Å². The Labute approximate surface area is 111 Å². The van der Waals surface area contributed by atoms with Crippen LogP contribution in [0, 0.1) is 0 Å². The summed E-state index contributed by atoms with van der Waals surface area (Å²) in [7, 11) is 4.19. The summed E-state index contributed by atoms with van der Waals surface area (Å²) in [6, 6.07) is 8.13. The molecule has 0 atom stereocenters. The van der Waals surface area contributed by atoms with Crippen molar-refractivity contribution in [3.8, 4) is 0 Å². The quantitative estimate of drug-likeness (QED) is 0.655. The highest BCUT2D eigenvalue weighted by Crippen LogP contribution is 2.10. The van der Waals surface area contributed by atoms with E-state index in [2.05, 4.69) is 38.1 Å². The van der Waals surface area contributed by atoms with Crippen LogP contribution in [0.1, 0.15) is 48.5 Å². The number of carbonyl (C=O) groups excluding carboxylic acids is 1. The predicted octanol–water partition coefficient (Wildman–Crippen LogP) is 3.55. The number of hydrogen-bond acceptors (Lipinski definition) is 2. The third-order valence-electron chi connectivity index (χ3n) is 3.10. The topological polar surface area (TPSA) is 20.3 Å². The highest BCUT2D eigenvalue weighted by molar-refractivity contribution is 5.96. The molecular formula is C16H25NO. The number of Topliss-reactive ketones (excluding diaryl/α,β-unsaturated/α-hetero) is 1. The first-order valence-electron chi connectivity index (χ1n) is 6.90. The average molecular weight is 247 g/mol. The van der Waals surface area contributed by atoms with Gasteiger partial charge in [0.2, 0.25) is 0 Å². The van der Waals surface area contributed by atoms with Gasteiger partial charge in [-0.15, -0.1) is 0 Å². The maximum absolute atomic E-state index is 11.8. The molecule has 0 spiro atoms. The van der Waals surface area contributed by atoms with Crippen LogP contribution in [0.4, 0.5) is 0 Å². The summed E-state index contributed by atoms with van der Waals surface area (Å²) < 4.78 is 0. The van der Waals surface area contributed by atoms with Gasteiger partial charge in [0.05, 0.1) is 0 Å². The number of rotatable bonds is 8. The lowest BCUT2D eigenvalue weighted by molar-refractivity contribution is 0.0980. The lowest BCUT2D eigenvalue weighted by Crippen LogP contribution is -2.13. The minimum absolute atomic E-state index is 0.275. The molecule has 0 aliphatic rings. The van der Waals surface area contributed by atoms with E-state index in [-0.39, 0.29) is 5.78 Å². The third kappa shape index (κ3) is 5.46. The Morgan fingerprint density at radius 3 is 2.33 bits per heavy atom. The first kappa shape index (κ1) is 14.9. The highest BCUT2D eigenvalue weighted by atomic mass is 16.1. The summed E-state index contributed by atoms with van der Waals surface area (Å²) in [6.07, 6.45) is 4.99. The first-order valence-corrected chi connectivity index (χ1v) is 6.90. The molecule has 1 aromatic rings. The molecule has 0 aliphatic carbocycles. The normalized spacial score (nSPS) is 10.9. The van der Waals surface area contributed by atoms with E-state index in [1.54, 1.807) is 0 Å². The van der Waals surface area contributed by atoms with Crippen molar-refractivity contribution in [1.29, 1.82) is 0 Å². The minimum atomic E-state index is 0.275. The van der Waals surface area contributed by atoms with Crippen LogP contribution in [0.5, 0.6) is 0 Å². The van der Waals surface area contributed by atoms with Gasteiger partial charge in [-0.1, -0.05) is 37.6 Å². The molecule has 0 aromatic heterocycles. The molecule has 0 N–H and O–H groups in total. The van der Waals surface area contributed by atoms with Crippen molar-refractivity contribution in [2.45, 2.75) is 39.0 Å². The lowest BCUT2D eigenvalue weighted by atomic mass is 10.0. The second kappa shape index (κ2) is 8.04. The molecule has 0 heterocycles. The van der Waals surface area contributed by atoms with Gasteiger partial charge >= 0.3 is 0 Å². The number of unbranched alkanes of at least 4 members (excludes halogenated alkanes) is 1. The number of aryl methyl sites for hydroxylation is 1. The molecule has 1 aromatic carbocycles. The van der Waals surface area contributed by atoms with Crippen LogP contribution in [-0.4, -0.2) is 31.3 Å². The smallest absolute Gasteiger partial charge is 0.162 e. The molecule has 0 unspecified atom stereocenters. The maximum Gasteiger partial charge on any atom is 0.162 e. The minimum Gasteiger partial charge on any atom is -0.309 e. The van der Waals surface area contributed by atoms with Gasteiger partial charge in [0.15, 0.2) is 5.78 Å². The Morgan fingerprint density at radius 1 is 1.11 bits per heavy atom. The fourth-order valence-electron chi connectivity index (χ4n) is 1.94. The molecule has 0 amide bonds. The number of benzene rings is 1. The van der Waals surface area contributed by atoms with Crippen LogP contribution >= 0.6 is 0 Å². The van der Waals surface area contributed by atoms with E-state index < -0.39 is 0 Å². The van der Waals surface area contributed by atoms with Crippen LogP contribution in [-0.2, 0) is 6.42 Å². The molecule has 2 nitrogen and oxygen atoms in total. The molecule has 0 aliphatic heterocycles. The molecule has 0 saturated carbocycles. The van der Waals surface area contributed by atoms with E-state index in [4.69, 9.17) is 0 Å². The van der Waals surface area contributed by atoms with Gasteiger partial charge in [-0.2, -0.15) is 0 Å². The van der Waals surface area contributed by atoms with Gasteiger partial charge in [0.25, 0.3) is 0 Å². The Balaban J connectivity index is 2.44. The monoisotopic (exact) mass is 247 g/mol. The Kier molecular flexibility index (Phi) is 6.66. The van der Waals surface area contributed by atoms with E-state index in [9.17, 15) is 4.79 Å². The van der Waals surface area contributed by atoms with Crippen molar-refractivity contribution in [3.63, 3.8) is 0 Å². The number of hydrogen-bond donors (Lipinski definition) is 0. The number of carbonyl (C=O) groups is 1. The summed E-state index contributed by atoms with van der Waals surface area (Å²) in [6.45, 7) is 3.22. The number of ketones is 1. The standard InChI is InChI=1S/C16H25NO/c1-4-5-8-16(18)15-11-9-14(10-12-15)7-6-13-17(2)3/h9-12H,4-8,13H2,1-3H3. The predicted molar refractivity (Wildman–Crippen MR) is 77.2 cm³/mol. The van der Waals surface area contributed by atoms with Crippen molar-refractivity contribution in [2.24, 2.45) is 0 Å². The lowest BCUT2D eigenvalue weighted by Gasteiger charge is -2.09. The van der Waals surface area contributed by atoms with Gasteiger partial charge in [0.1, 0.15) is 0 Å². The van der Waals surface area contributed by atoms with Crippen LogP contribution in [0.25, 0.3) is 0 Å². The Morgan fingerprint density at radius 2 is 1.78 bits per heavy atom. The number of nitrogens with zero attached hydrogens (tertiary/aromatic N) is 1. The van der Waals surface area contributed by atoms with Crippen LogP contribution in [0.3, 0.4) is 0 Å². The van der Waals surface area contributed by atoms with Crippen molar-refractivity contribution < 1.29 is 4.79 Å². The summed E-state index contributed by atoms with van der Waals surface area (Å²) in [5.41, 5.74) is 2.18. The van der Waals surface area contributed by atoms with Crippen molar-refractivity contribution in [1.82, 2.24) is 4.90 Å². The average Bonchev–Trinajstić information content (AvgIpc) is 2.36. The molecule has 2 heteroatoms. The molecule has 1 rings (SSSR count).